The largest absolute Gasteiger partial charge is 0.368 e. The summed E-state index contributed by atoms with van der Waals surface area (Å²) in [5.74, 6) is -3.65. The van der Waals surface area contributed by atoms with Crippen LogP contribution in [0.25, 0.3) is 0 Å². The van der Waals surface area contributed by atoms with Gasteiger partial charge in [0.25, 0.3) is 11.8 Å². The van der Waals surface area contributed by atoms with Crippen molar-refractivity contribution in [3.05, 3.63) is 70.8 Å². The molecule has 8 N–H and O–H groups in total. The van der Waals surface area contributed by atoms with Gasteiger partial charge in [0, 0.05) is 23.7 Å². The smallest absolute Gasteiger partial charge is 0.251 e. The van der Waals surface area contributed by atoms with Crippen LogP contribution in [-0.2, 0) is 30.4 Å². The zero-order valence-electron chi connectivity index (χ0n) is 30.3. The maximum absolute atomic E-state index is 14.3. The van der Waals surface area contributed by atoms with Gasteiger partial charge in [0.15, 0.2) is 0 Å². The molecular weight excluding hydrogens is 668 g/mol. The molecule has 0 aromatic heterocycles. The third-order valence-electron chi connectivity index (χ3n) is 9.38. The second kappa shape index (κ2) is 17.3. The quantitative estimate of drug-likeness (QED) is 0.150. The zero-order chi connectivity index (χ0) is 38.2. The molecule has 4 rings (SSSR count). The lowest BCUT2D eigenvalue weighted by Gasteiger charge is -2.36. The minimum Gasteiger partial charge on any atom is -0.368 e. The number of fused-ring (bicyclic) bond motifs is 1. The Bertz CT molecular complexity index is 1690. The summed E-state index contributed by atoms with van der Waals surface area (Å²) >= 11 is 0. The molecule has 15 heteroatoms. The van der Waals surface area contributed by atoms with Gasteiger partial charge < -0.3 is 42.5 Å². The predicted octanol–water partition coefficient (Wildman–Crippen LogP) is 0.0498. The lowest BCUT2D eigenvalue weighted by atomic mass is 9.85. The van der Waals surface area contributed by atoms with Crippen LogP contribution in [0.3, 0.4) is 0 Å². The van der Waals surface area contributed by atoms with E-state index in [0.717, 1.165) is 30.4 Å². The predicted molar refractivity (Wildman–Crippen MR) is 193 cm³/mol. The van der Waals surface area contributed by atoms with Crippen LogP contribution in [0.5, 0.6) is 0 Å². The number of likely N-dealkylation sites (N-methyl/N-ethyl adjacent to an activating group) is 1. The van der Waals surface area contributed by atoms with Crippen molar-refractivity contribution in [3.8, 4) is 0 Å². The molecular formula is C37H50N8O7. The standard InChI is InChI=1S/C37H50N8O7/c1-21(39-5)32(48)44-31(37(2,3)4)36(52)45-20-25(17-28(45)35(51)43-27-15-9-11-22-10-6-7-14-26(22)27)42-30(47)19-41-34(50)24-13-8-12-23(16-24)33(49)40-18-29(38)46/h6-8,10,12-14,16,21,25,27-28,31,39H,9,11,15,17-20H2,1-5H3,(H2,38,46)(H,40,49)(H,41,50)(H,42,47)(H,43,51)(H,44,48)/t21-,25-,27+,28-,31+/m0/s1. The summed E-state index contributed by atoms with van der Waals surface area (Å²) < 4.78 is 0. The number of primary amides is 1. The van der Waals surface area contributed by atoms with Crippen LogP contribution in [0.4, 0.5) is 0 Å². The highest BCUT2D eigenvalue weighted by molar-refractivity contribution is 6.01. The van der Waals surface area contributed by atoms with Gasteiger partial charge in [0.2, 0.25) is 29.5 Å². The number of amides is 7. The molecule has 1 heterocycles. The van der Waals surface area contributed by atoms with E-state index in [1.54, 1.807) is 14.0 Å². The molecule has 0 spiro atoms. The number of rotatable bonds is 13. The Balaban J connectivity index is 1.48. The number of hydrogen-bond acceptors (Lipinski definition) is 8. The lowest BCUT2D eigenvalue weighted by Crippen LogP contribution is -2.59. The van der Waals surface area contributed by atoms with Gasteiger partial charge in [0.05, 0.1) is 25.2 Å². The molecule has 2 aromatic carbocycles. The van der Waals surface area contributed by atoms with Gasteiger partial charge in [-0.3, -0.25) is 33.6 Å². The summed E-state index contributed by atoms with van der Waals surface area (Å²) in [5.41, 5.74) is 6.80. The van der Waals surface area contributed by atoms with Crippen molar-refractivity contribution < 1.29 is 33.6 Å². The summed E-state index contributed by atoms with van der Waals surface area (Å²) in [5, 5.41) is 16.6. The maximum atomic E-state index is 14.3. The molecule has 15 nitrogen and oxygen atoms in total. The van der Waals surface area contributed by atoms with E-state index in [2.05, 4.69) is 31.9 Å². The molecule has 0 bridgehead atoms. The van der Waals surface area contributed by atoms with E-state index >= 15 is 0 Å². The second-order valence-electron chi connectivity index (χ2n) is 14.4. The number of hydrogen-bond donors (Lipinski definition) is 7. The van der Waals surface area contributed by atoms with Crippen molar-refractivity contribution in [2.75, 3.05) is 26.7 Å². The van der Waals surface area contributed by atoms with Gasteiger partial charge in [-0.1, -0.05) is 51.1 Å². The zero-order valence-corrected chi connectivity index (χ0v) is 30.3. The van der Waals surface area contributed by atoms with E-state index in [1.807, 2.05) is 45.0 Å². The van der Waals surface area contributed by atoms with Gasteiger partial charge in [0.1, 0.15) is 12.1 Å². The number of nitrogens with one attached hydrogen (secondary N) is 6. The van der Waals surface area contributed by atoms with Gasteiger partial charge in [-0.05, 0) is 74.4 Å². The molecule has 0 saturated carbocycles. The Hall–Kier alpha value is -5.31. The first kappa shape index (κ1) is 39.5. The highest BCUT2D eigenvalue weighted by atomic mass is 16.2. The molecule has 280 valence electrons. The highest BCUT2D eigenvalue weighted by Crippen LogP contribution is 2.31. The third kappa shape index (κ3) is 10.1. The number of carbonyl (C=O) groups excluding carboxylic acids is 7. The van der Waals surface area contributed by atoms with Crippen LogP contribution in [0, 0.1) is 5.41 Å². The number of aryl methyl sites for hydroxylation is 1. The van der Waals surface area contributed by atoms with Gasteiger partial charge in [-0.25, -0.2) is 0 Å². The molecule has 5 atom stereocenters. The fraction of sp³-hybridized carbons (Fsp3) is 0.486. The Morgan fingerprint density at radius 2 is 1.56 bits per heavy atom. The Kier molecular flexibility index (Phi) is 13.1. The Labute approximate surface area is 303 Å². The van der Waals surface area contributed by atoms with Crippen LogP contribution in [0.2, 0.25) is 0 Å². The van der Waals surface area contributed by atoms with Crippen LogP contribution in [0.1, 0.15) is 84.8 Å². The molecule has 52 heavy (non-hydrogen) atoms. The fourth-order valence-corrected chi connectivity index (χ4v) is 6.43. The van der Waals surface area contributed by atoms with Crippen molar-refractivity contribution in [1.29, 1.82) is 0 Å². The molecule has 0 radical (unpaired) electrons. The normalized spacial score (nSPS) is 19.3. The number of likely N-dealkylation sites (tertiary alicyclic amines) is 1. The number of nitrogens with two attached hydrogens (primary N) is 1. The van der Waals surface area contributed by atoms with E-state index in [-0.39, 0.29) is 48.5 Å². The molecule has 7 amide bonds. The van der Waals surface area contributed by atoms with Crippen LogP contribution < -0.4 is 37.6 Å². The molecule has 2 aliphatic rings. The minimum absolute atomic E-state index is 0.00432. The summed E-state index contributed by atoms with van der Waals surface area (Å²) in [6, 6.07) is 10.3. The molecule has 1 saturated heterocycles. The van der Waals surface area contributed by atoms with Crippen molar-refractivity contribution in [2.45, 2.75) is 83.6 Å². The first-order valence-electron chi connectivity index (χ1n) is 17.5. The first-order chi connectivity index (χ1) is 24.6. The summed E-state index contributed by atoms with van der Waals surface area (Å²) in [4.78, 5) is 92.0. The number of benzene rings is 2. The van der Waals surface area contributed by atoms with E-state index in [4.69, 9.17) is 5.73 Å². The molecule has 0 unspecified atom stereocenters. The number of nitrogens with zero attached hydrogens (tertiary/aromatic N) is 1. The van der Waals surface area contributed by atoms with Crippen molar-refractivity contribution in [2.24, 2.45) is 11.1 Å². The highest BCUT2D eigenvalue weighted by Gasteiger charge is 2.46. The first-order valence-corrected chi connectivity index (χ1v) is 17.5. The Morgan fingerprint density at radius 3 is 2.19 bits per heavy atom. The molecule has 1 fully saturated rings. The van der Waals surface area contributed by atoms with Crippen LogP contribution >= 0.6 is 0 Å². The summed E-state index contributed by atoms with van der Waals surface area (Å²) in [6.07, 6.45) is 2.67. The third-order valence-corrected chi connectivity index (χ3v) is 9.38. The maximum Gasteiger partial charge on any atom is 0.251 e. The topological polar surface area (TPSA) is 221 Å². The minimum atomic E-state index is -0.969. The van der Waals surface area contributed by atoms with Crippen LogP contribution in [0.15, 0.2) is 48.5 Å². The average Bonchev–Trinajstić information content (AvgIpc) is 3.54. The summed E-state index contributed by atoms with van der Waals surface area (Å²) in [6.45, 7) is 6.39. The van der Waals surface area contributed by atoms with E-state index in [1.165, 1.54) is 29.2 Å². The van der Waals surface area contributed by atoms with Gasteiger partial charge in [-0.2, -0.15) is 0 Å². The average molecular weight is 719 g/mol. The van der Waals surface area contributed by atoms with E-state index in [0.29, 0.717) is 0 Å². The second-order valence-corrected chi connectivity index (χ2v) is 14.4. The molecule has 1 aliphatic carbocycles. The Morgan fingerprint density at radius 1 is 0.904 bits per heavy atom. The van der Waals surface area contributed by atoms with Gasteiger partial charge >= 0.3 is 0 Å². The lowest BCUT2D eigenvalue weighted by molar-refractivity contribution is -0.144. The number of carbonyl (C=O) groups is 7. The van der Waals surface area contributed by atoms with Crippen molar-refractivity contribution in [3.63, 3.8) is 0 Å². The summed E-state index contributed by atoms with van der Waals surface area (Å²) in [7, 11) is 1.64. The van der Waals surface area contributed by atoms with Crippen molar-refractivity contribution in [1.82, 2.24) is 36.8 Å². The SMILES string of the molecule is CN[C@@H](C)C(=O)N[C@H](C(=O)N1C[C@@H](NC(=O)CNC(=O)c2cccc(C(=O)NCC(N)=O)c2)C[C@H]1C(=O)N[C@@H]1CCCc2ccccc21)C(C)(C)C. The fourth-order valence-electron chi connectivity index (χ4n) is 6.43. The molecule has 1 aliphatic heterocycles. The molecule has 2 aromatic rings. The van der Waals surface area contributed by atoms with Gasteiger partial charge in [-0.15, -0.1) is 0 Å². The monoisotopic (exact) mass is 718 g/mol. The van der Waals surface area contributed by atoms with Crippen LogP contribution in [-0.4, -0.2) is 97.1 Å². The van der Waals surface area contributed by atoms with E-state index in [9.17, 15) is 33.6 Å². The van der Waals surface area contributed by atoms with E-state index < -0.39 is 65.7 Å². The van der Waals surface area contributed by atoms with Crippen molar-refractivity contribution >= 4 is 41.4 Å².